The number of allylic oxidation sites excluding steroid dienone is 6. The van der Waals surface area contributed by atoms with E-state index in [9.17, 15) is 19.5 Å². The number of nitrogens with zero attached hydrogens (tertiary/aromatic N) is 3. The van der Waals surface area contributed by atoms with E-state index in [-0.39, 0.29) is 63.7 Å². The number of likely N-dealkylation sites (tertiary alicyclic amines) is 1. The number of carbonyl (C=O) groups is 3. The lowest BCUT2D eigenvalue weighted by atomic mass is 9.73. The van der Waals surface area contributed by atoms with Gasteiger partial charge in [-0.3, -0.25) is 4.79 Å². The Labute approximate surface area is 419 Å². The predicted octanol–water partition coefficient (Wildman–Crippen LogP) is 13.6. The minimum Gasteiger partial charge on any atom is -0.506 e. The lowest BCUT2D eigenvalue weighted by molar-refractivity contribution is -0.111. The van der Waals surface area contributed by atoms with Gasteiger partial charge in [-0.05, 0) is 137 Å². The van der Waals surface area contributed by atoms with Gasteiger partial charge < -0.3 is 30.9 Å². The molecule has 10 nitrogen and oxygen atoms in total. The van der Waals surface area contributed by atoms with Gasteiger partial charge in [0.05, 0.1) is 22.5 Å². The summed E-state index contributed by atoms with van der Waals surface area (Å²) in [5.41, 5.74) is 5.51. The van der Waals surface area contributed by atoms with Crippen LogP contribution in [0.5, 0.6) is 0 Å². The average molecular weight is 973 g/mol. The number of ketones is 1. The van der Waals surface area contributed by atoms with Crippen LogP contribution in [-0.2, 0) is 10.2 Å². The zero-order valence-electron chi connectivity index (χ0n) is 44.4. The van der Waals surface area contributed by atoms with Crippen LogP contribution < -0.4 is 20.9 Å². The minimum atomic E-state index is -0.471. The maximum atomic E-state index is 14.9. The molecule has 1 aromatic carbocycles. The largest absolute Gasteiger partial charge is 0.506 e. The van der Waals surface area contributed by atoms with Crippen molar-refractivity contribution in [1.29, 1.82) is 0 Å². The van der Waals surface area contributed by atoms with Gasteiger partial charge in [0.25, 0.3) is 0 Å². The number of urea groups is 2. The van der Waals surface area contributed by atoms with Gasteiger partial charge in [-0.1, -0.05) is 93.9 Å². The second-order valence-electron chi connectivity index (χ2n) is 21.4. The second-order valence-corrected chi connectivity index (χ2v) is 23.7. The lowest BCUT2D eigenvalue weighted by Crippen LogP contribution is -2.42. The van der Waals surface area contributed by atoms with Crippen LogP contribution in [0.3, 0.4) is 0 Å². The summed E-state index contributed by atoms with van der Waals surface area (Å²) in [6, 6.07) is 3.80. The average Bonchev–Trinajstić information content (AvgIpc) is 3.60. The van der Waals surface area contributed by atoms with Crippen LogP contribution in [0, 0.1) is 17.3 Å². The molecule has 4 unspecified atom stereocenters. The van der Waals surface area contributed by atoms with Crippen LogP contribution in [0.15, 0.2) is 57.5 Å². The van der Waals surface area contributed by atoms with Gasteiger partial charge >= 0.3 is 12.1 Å². The Kier molecular flexibility index (Phi) is 19.9. The van der Waals surface area contributed by atoms with Crippen LogP contribution in [-0.4, -0.2) is 93.8 Å². The van der Waals surface area contributed by atoms with Crippen molar-refractivity contribution in [3.63, 3.8) is 0 Å². The highest BCUT2D eigenvalue weighted by Gasteiger charge is 2.49. The van der Waals surface area contributed by atoms with Crippen LogP contribution in [0.4, 0.5) is 21.0 Å². The number of unbranched alkanes of at least 4 members (excludes halogenated alkanes) is 2. The molecule has 0 spiro atoms. The Morgan fingerprint density at radius 3 is 1.85 bits per heavy atom. The summed E-state index contributed by atoms with van der Waals surface area (Å²) < 4.78 is 0. The van der Waals surface area contributed by atoms with Crippen molar-refractivity contribution >= 4 is 64.0 Å². The number of thioether (sulfide) groups is 2. The second kappa shape index (κ2) is 24.5. The third-order valence-electron chi connectivity index (χ3n) is 15.5. The van der Waals surface area contributed by atoms with Gasteiger partial charge in [0.2, 0.25) is 5.78 Å². The molecule has 0 aromatic heterocycles. The summed E-state index contributed by atoms with van der Waals surface area (Å²) in [6.45, 7) is 32.0. The fourth-order valence-electron chi connectivity index (χ4n) is 10.5. The summed E-state index contributed by atoms with van der Waals surface area (Å²) in [4.78, 5) is 51.6. The van der Waals surface area contributed by atoms with Gasteiger partial charge in [0.1, 0.15) is 5.76 Å². The Morgan fingerprint density at radius 1 is 0.765 bits per heavy atom. The van der Waals surface area contributed by atoms with E-state index < -0.39 is 6.03 Å². The summed E-state index contributed by atoms with van der Waals surface area (Å²) in [5, 5.41) is 21.5. The summed E-state index contributed by atoms with van der Waals surface area (Å²) >= 11 is 3.91. The van der Waals surface area contributed by atoms with Crippen molar-refractivity contribution in [1.82, 2.24) is 15.5 Å². The normalized spacial score (nSPS) is 22.1. The van der Waals surface area contributed by atoms with Gasteiger partial charge in [-0.15, -0.1) is 0 Å². The molecule has 2 aliphatic carbocycles. The standard InChI is InChI=1S/C56H88N6O4S2/c1-15-19-23-39(17-3)33-67-27-21-25-57-53(65)59-45-31-47-43(55(11,12)37(9)61(47)35(5)6)29-41(45)49-51(63)50(52(49)64)42-30-44-48(62(36(7)8)38(10)56(44,13)14)32-46(42)60-54(66)58-26-22-28-68-34-40(18-4)24-20-16-2/h29-32,35-40,63H,15-28,33-34H2,1-14H3,(H,57,65)(H2,58,60,66)/b49-41-,59-45+. The first-order valence-corrected chi connectivity index (χ1v) is 28.6. The topological polar surface area (TPSA) is 126 Å². The van der Waals surface area contributed by atoms with E-state index >= 15 is 0 Å². The lowest BCUT2D eigenvalue weighted by Gasteiger charge is -2.34. The van der Waals surface area contributed by atoms with Crippen molar-refractivity contribution in [2.75, 3.05) is 46.3 Å². The molecule has 0 radical (unpaired) electrons. The molecule has 4 atom stereocenters. The quantitative estimate of drug-likeness (QED) is 0.0596. The van der Waals surface area contributed by atoms with Crippen molar-refractivity contribution in [2.24, 2.45) is 22.2 Å². The van der Waals surface area contributed by atoms with Gasteiger partial charge in [-0.25, -0.2) is 9.59 Å². The number of Topliss-reactive ketones (excluding diaryl/α,β-unsaturated/α-hetero) is 1. The molecular formula is C56H88N6O4S2. The maximum Gasteiger partial charge on any atom is 0.341 e. The molecule has 1 saturated heterocycles. The maximum absolute atomic E-state index is 14.9. The highest BCUT2D eigenvalue weighted by atomic mass is 32.2. The minimum absolute atomic E-state index is 0.132. The number of hydrogen-bond acceptors (Lipinski definition) is 8. The van der Waals surface area contributed by atoms with Crippen LogP contribution in [0.25, 0.3) is 5.57 Å². The molecule has 1 fully saturated rings. The van der Waals surface area contributed by atoms with Crippen molar-refractivity contribution in [3.8, 4) is 0 Å². The zero-order chi connectivity index (χ0) is 50.1. The van der Waals surface area contributed by atoms with Crippen molar-refractivity contribution < 1.29 is 19.5 Å². The molecule has 2 aliphatic heterocycles. The number of amides is 4. The smallest absolute Gasteiger partial charge is 0.341 e. The number of carbonyl (C=O) groups excluding carboxylic acids is 3. The number of aliphatic hydroxyl groups is 1. The Balaban J connectivity index is 1.48. The van der Waals surface area contributed by atoms with E-state index in [1.807, 2.05) is 47.8 Å². The molecule has 4 aliphatic rings. The molecule has 2 heterocycles. The molecule has 12 heteroatoms. The molecule has 4 amide bonds. The third kappa shape index (κ3) is 12.3. The molecule has 0 bridgehead atoms. The summed E-state index contributed by atoms with van der Waals surface area (Å²) in [5.74, 6) is 5.18. The predicted molar refractivity (Wildman–Crippen MR) is 293 cm³/mol. The molecule has 4 N–H and O–H groups in total. The SMILES string of the molecule is CCCCC(CC)CSCCCNC(=O)/N=C1\C=C2C(=C\C1=C1\C(=O)C(c3cc4c(cc3NC(=O)NCCCSCC(CC)CCCC)N(C(C)C)C(C)C4(C)C)=C1O)C(C)(C)C(C)N2C(C)C. The van der Waals surface area contributed by atoms with Gasteiger partial charge in [0, 0.05) is 70.6 Å². The number of aliphatic hydroxyl groups excluding tert-OH is 1. The third-order valence-corrected chi connectivity index (χ3v) is 18.0. The number of anilines is 2. The molecule has 68 heavy (non-hydrogen) atoms. The number of rotatable bonds is 24. The van der Waals surface area contributed by atoms with Crippen LogP contribution in [0.1, 0.15) is 172 Å². The Bertz CT molecular complexity index is 2130. The van der Waals surface area contributed by atoms with E-state index in [1.165, 1.54) is 51.4 Å². The van der Waals surface area contributed by atoms with Crippen LogP contribution in [0.2, 0.25) is 0 Å². The number of aliphatic imine (C=N–C) groups is 1. The fraction of sp³-hybridized carbons (Fsp3) is 0.679. The highest BCUT2D eigenvalue weighted by Crippen LogP contribution is 2.53. The number of fused-ring (bicyclic) bond motifs is 2. The zero-order valence-corrected chi connectivity index (χ0v) is 46.1. The first-order valence-electron chi connectivity index (χ1n) is 26.3. The van der Waals surface area contributed by atoms with Crippen LogP contribution >= 0.6 is 23.5 Å². The van der Waals surface area contributed by atoms with Crippen molar-refractivity contribution in [2.45, 2.75) is 191 Å². The molecular weight excluding hydrogens is 885 g/mol. The first-order chi connectivity index (χ1) is 32.3. The molecule has 1 aromatic rings. The van der Waals surface area contributed by atoms with Gasteiger partial charge in [-0.2, -0.15) is 28.5 Å². The van der Waals surface area contributed by atoms with Gasteiger partial charge in [0.15, 0.2) is 0 Å². The monoisotopic (exact) mass is 973 g/mol. The Hall–Kier alpha value is -3.64. The summed E-state index contributed by atoms with van der Waals surface area (Å²) in [6.07, 6.45) is 15.5. The fourth-order valence-corrected chi connectivity index (χ4v) is 13.0. The molecule has 378 valence electrons. The van der Waals surface area contributed by atoms with E-state index in [0.717, 1.165) is 70.2 Å². The van der Waals surface area contributed by atoms with E-state index in [1.54, 1.807) is 0 Å². The van der Waals surface area contributed by atoms with E-state index in [4.69, 9.17) is 0 Å². The number of hydrogen-bond donors (Lipinski definition) is 4. The summed E-state index contributed by atoms with van der Waals surface area (Å²) in [7, 11) is 0. The number of benzene rings is 1. The Morgan fingerprint density at radius 2 is 1.32 bits per heavy atom. The van der Waals surface area contributed by atoms with E-state index in [2.05, 4.69) is 128 Å². The highest BCUT2D eigenvalue weighted by molar-refractivity contribution is 7.99. The van der Waals surface area contributed by atoms with Crippen molar-refractivity contribution in [3.05, 3.63) is 63.6 Å². The number of nitrogens with one attached hydrogen (secondary N) is 3. The molecule has 0 saturated carbocycles. The van der Waals surface area contributed by atoms with E-state index in [0.29, 0.717) is 35.6 Å². The molecule has 5 rings (SSSR count). The first kappa shape index (κ1) is 55.3.